The number of rotatable bonds is 68. The monoisotopic (exact) mass is 1510 g/mol. The van der Waals surface area contributed by atoms with Crippen LogP contribution in [-0.4, -0.2) is 165 Å². The Balaban J connectivity index is 1.68. The van der Waals surface area contributed by atoms with Crippen molar-refractivity contribution in [3.63, 3.8) is 0 Å². The van der Waals surface area contributed by atoms with Gasteiger partial charge in [-0.2, -0.15) is 0 Å². The van der Waals surface area contributed by atoms with Gasteiger partial charge in [0, 0.05) is 33.9 Å². The van der Waals surface area contributed by atoms with E-state index in [1.54, 1.807) is 60.7 Å². The maximum absolute atomic E-state index is 15.5. The van der Waals surface area contributed by atoms with Crippen molar-refractivity contribution in [2.24, 2.45) is 0 Å². The Hall–Kier alpha value is -3.80. The number of carboxylic acid groups (broad SMARTS) is 1. The summed E-state index contributed by atoms with van der Waals surface area (Å²) >= 11 is 0. The highest BCUT2D eigenvalue weighted by atomic mass is 31.2. The van der Waals surface area contributed by atoms with Gasteiger partial charge in [-0.15, -0.1) is 0 Å². The number of nitrogens with one attached hydrogen (secondary N) is 2. The number of methoxy groups -OCH3 is 1. The molecule has 0 radical (unpaired) electrons. The molecule has 0 bridgehead atoms. The number of para-hydroxylation sites is 2. The Kier molecular flexibility index (Phi) is 53.5. The predicted molar refractivity (Wildman–Crippen MR) is 413 cm³/mol. The van der Waals surface area contributed by atoms with E-state index in [1.165, 1.54) is 162 Å². The van der Waals surface area contributed by atoms with Gasteiger partial charge in [0.05, 0.1) is 37.9 Å². The first kappa shape index (κ1) is 93.6. The summed E-state index contributed by atoms with van der Waals surface area (Å²) in [6.45, 7) is 9.26. The van der Waals surface area contributed by atoms with Crippen molar-refractivity contribution in [2.75, 3.05) is 46.8 Å². The Bertz CT molecular complexity index is 2430. The van der Waals surface area contributed by atoms with Crippen molar-refractivity contribution in [1.29, 1.82) is 0 Å². The summed E-state index contributed by atoms with van der Waals surface area (Å²) in [5.41, 5.74) is 0. The lowest BCUT2D eigenvalue weighted by molar-refractivity contribution is -0.308. The third-order valence-electron chi connectivity index (χ3n) is 20.0. The fourth-order valence-corrected chi connectivity index (χ4v) is 15.4. The van der Waals surface area contributed by atoms with Gasteiger partial charge < -0.3 is 78.0 Å². The van der Waals surface area contributed by atoms with E-state index in [4.69, 9.17) is 51.5 Å². The Labute approximate surface area is 633 Å². The third kappa shape index (κ3) is 42.8. The molecule has 2 aliphatic heterocycles. The summed E-state index contributed by atoms with van der Waals surface area (Å²) in [6.07, 6.45) is 31.8. The summed E-state index contributed by atoms with van der Waals surface area (Å²) in [4.78, 5) is 40.0. The average molecular weight is 1510 g/mol. The summed E-state index contributed by atoms with van der Waals surface area (Å²) in [5.74, 6) is -2.08. The van der Waals surface area contributed by atoms with Crippen LogP contribution < -0.4 is 19.7 Å². The number of hydrogen-bond acceptors (Lipinski definition) is 18. The largest absolute Gasteiger partial charge is 0.588 e. The Morgan fingerprint density at radius 1 is 0.467 bits per heavy atom. The highest BCUT2D eigenvalue weighted by Crippen LogP contribution is 2.52. The first-order valence-corrected chi connectivity index (χ1v) is 43.1. The molecule has 0 spiro atoms. The standard InChI is InChI=1S/C83H145N2O19P/c1-7-11-15-19-23-27-31-35-39-49-59-95-69(52-44-38-34-30-26-22-18-14-10-4)58-61-97-81-77(84-66(5)86)83(101-73(63-94-6)79(81)104-105(93,102-70-53-45-40-46-54-70)103-71-55-47-41-48-56-71)98-64-72-78(92)80(96-60-57-67(87)50-42-36-32-28-24-20-16-12-8-2)76(82(100-72)99-65-75(90)91)85-74(89)62-68(88)51-43-37-33-29-25-21-17-13-9-3/h40-41,45-48,53-56,67-69,72-73,76-83,87-88,92H,7-39,42-44,49-52,57-65H2,1-6H3,(H,84,86)(H,85,89)(H,90,91)/t67-,68-,69-,72-,73-,76-,77-,78-,79-,80-,81-,82+,83-/m1/s1. The molecule has 6 N–H and O–H groups in total. The van der Waals surface area contributed by atoms with Crippen molar-refractivity contribution < 1.29 is 90.8 Å². The number of amides is 2. The van der Waals surface area contributed by atoms with Gasteiger partial charge in [0.1, 0.15) is 66.8 Å². The van der Waals surface area contributed by atoms with Crippen LogP contribution in [-0.2, 0) is 61.4 Å². The normalized spacial score (nSPS) is 21.4. The van der Waals surface area contributed by atoms with Crippen LogP contribution in [0.25, 0.3) is 0 Å². The van der Waals surface area contributed by atoms with E-state index in [0.29, 0.717) is 25.9 Å². The summed E-state index contributed by atoms with van der Waals surface area (Å²) in [5, 5.41) is 50.9. The number of benzene rings is 2. The van der Waals surface area contributed by atoms with E-state index >= 15 is 4.57 Å². The lowest BCUT2D eigenvalue weighted by atomic mass is 9.95. The first-order valence-electron chi connectivity index (χ1n) is 41.6. The van der Waals surface area contributed by atoms with Crippen molar-refractivity contribution >= 4 is 25.6 Å². The van der Waals surface area contributed by atoms with Crippen molar-refractivity contribution in [3.05, 3.63) is 60.7 Å². The van der Waals surface area contributed by atoms with Gasteiger partial charge in [0.15, 0.2) is 12.6 Å². The molecule has 2 saturated heterocycles. The number of carbonyl (C=O) groups is 3. The fourth-order valence-electron chi connectivity index (χ4n) is 14.0. The molecule has 13 atom stereocenters. The molecule has 0 unspecified atom stereocenters. The van der Waals surface area contributed by atoms with Crippen LogP contribution in [0.15, 0.2) is 60.7 Å². The maximum atomic E-state index is 15.5. The van der Waals surface area contributed by atoms with Gasteiger partial charge >= 0.3 is 13.8 Å². The maximum Gasteiger partial charge on any atom is 0.588 e. The van der Waals surface area contributed by atoms with Crippen LogP contribution >= 0.6 is 7.82 Å². The number of ether oxygens (including phenoxy) is 8. The number of aliphatic hydroxyl groups is 3. The minimum atomic E-state index is -4.75. The highest BCUT2D eigenvalue weighted by molar-refractivity contribution is 7.49. The smallest absolute Gasteiger partial charge is 0.480 e. The second-order valence-corrected chi connectivity index (χ2v) is 31.0. The first-order chi connectivity index (χ1) is 51.1. The molecule has 606 valence electrons. The molecule has 0 aliphatic carbocycles. The number of phosphoric ester groups is 1. The molecule has 2 aromatic carbocycles. The number of aliphatic carboxylic acids is 1. The van der Waals surface area contributed by atoms with E-state index < -0.39 is 112 Å². The predicted octanol–water partition coefficient (Wildman–Crippen LogP) is 17.9. The molecule has 21 nitrogen and oxygen atoms in total. The minimum absolute atomic E-state index is 0.0706. The van der Waals surface area contributed by atoms with Gasteiger partial charge in [-0.05, 0) is 62.8 Å². The van der Waals surface area contributed by atoms with E-state index in [9.17, 15) is 34.8 Å². The number of hydrogen-bond donors (Lipinski definition) is 6. The molecule has 2 amide bonds. The molecule has 2 fully saturated rings. The number of carboxylic acids is 1. The van der Waals surface area contributed by atoms with Gasteiger partial charge in [-0.1, -0.05) is 295 Å². The SMILES string of the molecule is CCCCCCCCCCCCO[C@H](CCCCCCCCCCC)CCO[C@@H]1[C@@H](NC(C)=O)[C@H](OC[C@H]2O[C@H](OCC(=O)O)[C@H](NC(=O)C[C@H](O)CCCCCCCCCCC)[C@@H](OCC[C@H](O)CCCCCCCCCCC)[C@@H]2O)O[C@H](COC)[C@H]1OP(=O)(Oc1ccccc1)Oc1ccccc1. The van der Waals surface area contributed by atoms with Crippen LogP contribution in [0.1, 0.15) is 311 Å². The zero-order chi connectivity index (χ0) is 75.8. The van der Waals surface area contributed by atoms with Crippen molar-refractivity contribution in [3.8, 4) is 11.5 Å². The summed E-state index contributed by atoms with van der Waals surface area (Å²) in [7, 11) is -3.29. The summed E-state index contributed by atoms with van der Waals surface area (Å²) in [6, 6.07) is 14.4. The lowest BCUT2D eigenvalue weighted by Gasteiger charge is -2.47. The highest BCUT2D eigenvalue weighted by Gasteiger charge is 2.54. The molecule has 22 heteroatoms. The third-order valence-corrected chi connectivity index (χ3v) is 21.4. The Morgan fingerprint density at radius 2 is 0.886 bits per heavy atom. The van der Waals surface area contributed by atoms with E-state index in [1.807, 2.05) is 0 Å². The molecular formula is C83H145N2O19P. The number of aliphatic hydroxyl groups excluding tert-OH is 3. The second-order valence-electron chi connectivity index (χ2n) is 29.5. The molecule has 2 aliphatic rings. The lowest BCUT2D eigenvalue weighted by Crippen LogP contribution is -2.67. The van der Waals surface area contributed by atoms with E-state index in [2.05, 4.69) is 38.3 Å². The van der Waals surface area contributed by atoms with Crippen molar-refractivity contribution in [1.82, 2.24) is 10.6 Å². The molecule has 4 rings (SSSR count). The van der Waals surface area contributed by atoms with Crippen LogP contribution in [0.2, 0.25) is 0 Å². The Morgan fingerprint density at radius 3 is 1.36 bits per heavy atom. The molecule has 105 heavy (non-hydrogen) atoms. The zero-order valence-electron chi connectivity index (χ0n) is 65.8. The van der Waals surface area contributed by atoms with Gasteiger partial charge in [0.2, 0.25) is 11.8 Å². The van der Waals surface area contributed by atoms with Gasteiger partial charge in [0.25, 0.3) is 0 Å². The molecule has 0 saturated carbocycles. The second kappa shape index (κ2) is 60.0. The van der Waals surface area contributed by atoms with Crippen LogP contribution in [0.4, 0.5) is 0 Å². The van der Waals surface area contributed by atoms with Crippen LogP contribution in [0, 0.1) is 0 Å². The van der Waals surface area contributed by atoms with E-state index in [-0.39, 0.29) is 50.3 Å². The number of carbonyl (C=O) groups excluding carboxylic acids is 2. The van der Waals surface area contributed by atoms with Crippen LogP contribution in [0.3, 0.4) is 0 Å². The molecule has 2 aromatic rings. The average Bonchev–Trinajstić information content (AvgIpc) is 0.776. The van der Waals surface area contributed by atoms with Gasteiger partial charge in [-0.25, -0.2) is 9.36 Å². The quantitative estimate of drug-likeness (QED) is 0.0265. The number of phosphoric acid groups is 1. The fraction of sp³-hybridized carbons (Fsp3) is 0.819. The van der Waals surface area contributed by atoms with Gasteiger partial charge in [-0.3, -0.25) is 14.1 Å². The topological polar surface area (TPSA) is 275 Å². The number of unbranched alkanes of at least 4 members (excludes halogenated alkanes) is 33. The van der Waals surface area contributed by atoms with Crippen LogP contribution in [0.5, 0.6) is 11.5 Å². The van der Waals surface area contributed by atoms with E-state index in [0.717, 1.165) is 96.3 Å². The molecule has 0 aromatic heterocycles. The van der Waals surface area contributed by atoms with Crippen molar-refractivity contribution in [2.45, 2.75) is 390 Å². The zero-order valence-corrected chi connectivity index (χ0v) is 66.7. The molecule has 2 heterocycles. The molecular weight excluding hydrogens is 1360 g/mol. The summed E-state index contributed by atoms with van der Waals surface area (Å²) < 4.78 is 86.5. The minimum Gasteiger partial charge on any atom is -0.480 e.